The lowest BCUT2D eigenvalue weighted by molar-refractivity contribution is 0.568. The zero-order valence-corrected chi connectivity index (χ0v) is 42.2. The van der Waals surface area contributed by atoms with Gasteiger partial charge in [0.1, 0.15) is 0 Å². The van der Waals surface area contributed by atoms with Gasteiger partial charge in [0.2, 0.25) is 0 Å². The van der Waals surface area contributed by atoms with E-state index in [-0.39, 0.29) is 21.7 Å². The van der Waals surface area contributed by atoms with Crippen LogP contribution in [0, 0.1) is 0 Å². The molecule has 0 heterocycles. The van der Waals surface area contributed by atoms with Crippen LogP contribution in [0.25, 0.3) is 110 Å². The highest BCUT2D eigenvalue weighted by molar-refractivity contribution is 6.33. The molecule has 11 rings (SSSR count). The van der Waals surface area contributed by atoms with Gasteiger partial charge in [0.25, 0.3) is 0 Å². The van der Waals surface area contributed by atoms with E-state index in [0.717, 1.165) is 0 Å². The molecule has 0 aliphatic heterocycles. The van der Waals surface area contributed by atoms with Crippen molar-refractivity contribution < 1.29 is 0 Å². The van der Waals surface area contributed by atoms with Gasteiger partial charge in [-0.2, -0.15) is 0 Å². The highest BCUT2D eigenvalue weighted by Gasteiger charge is 2.34. The van der Waals surface area contributed by atoms with E-state index in [9.17, 15) is 0 Å². The minimum absolute atomic E-state index is 0.0374. The molecule has 0 radical (unpaired) electrons. The van der Waals surface area contributed by atoms with Crippen molar-refractivity contribution >= 4 is 43.1 Å². The van der Waals surface area contributed by atoms with Gasteiger partial charge in [0, 0.05) is 0 Å². The Kier molecular flexibility index (Phi) is 9.90. The fourth-order valence-electron chi connectivity index (χ4n) is 11.1. The van der Waals surface area contributed by atoms with Crippen molar-refractivity contribution in [3.05, 3.63) is 192 Å². The van der Waals surface area contributed by atoms with E-state index in [1.54, 1.807) is 0 Å². The largest absolute Gasteiger partial charge is 0.0622 e. The first-order valence-corrected chi connectivity index (χ1v) is 24.8. The molecule has 0 heteroatoms. The third kappa shape index (κ3) is 7.10. The molecule has 0 nitrogen and oxygen atoms in total. The Morgan fingerprint density at radius 2 is 0.603 bits per heavy atom. The third-order valence-electron chi connectivity index (χ3n) is 15.0. The van der Waals surface area contributed by atoms with Crippen LogP contribution in [0.4, 0.5) is 0 Å². The molecule has 1 aliphatic carbocycles. The average molecular weight is 881 g/mol. The van der Waals surface area contributed by atoms with E-state index >= 15 is 0 Å². The van der Waals surface area contributed by atoms with Crippen LogP contribution in [0.3, 0.4) is 0 Å². The fraction of sp³-hybridized carbons (Fsp3) is 0.235. The summed E-state index contributed by atoms with van der Waals surface area (Å²) in [4.78, 5) is 0. The van der Waals surface area contributed by atoms with Crippen LogP contribution >= 0.6 is 0 Å². The quantitative estimate of drug-likeness (QED) is 0.155. The second kappa shape index (κ2) is 15.4. The second-order valence-electron chi connectivity index (χ2n) is 23.8. The lowest BCUT2D eigenvalue weighted by atomic mass is 9.75. The Labute approximate surface area is 404 Å². The molecule has 0 saturated carbocycles. The van der Waals surface area contributed by atoms with Gasteiger partial charge in [-0.3, -0.25) is 0 Å². The maximum Gasteiger partial charge on any atom is -0.000719 e. The average Bonchev–Trinajstić information content (AvgIpc) is 3.63. The van der Waals surface area contributed by atoms with Gasteiger partial charge >= 0.3 is 0 Å². The van der Waals surface area contributed by atoms with Crippen molar-refractivity contribution in [2.24, 2.45) is 0 Å². The Hall–Kier alpha value is -6.76. The molecule has 10 aromatic carbocycles. The molecule has 0 fully saturated rings. The molecule has 1 aliphatic rings. The number of benzene rings is 10. The highest BCUT2D eigenvalue weighted by atomic mass is 14.4. The second-order valence-corrected chi connectivity index (χ2v) is 23.8. The van der Waals surface area contributed by atoms with Gasteiger partial charge in [-0.1, -0.05) is 241 Å². The van der Waals surface area contributed by atoms with Crippen LogP contribution in [-0.4, -0.2) is 0 Å². The Balaban J connectivity index is 1.33. The smallest absolute Gasteiger partial charge is 0.000719 e. The predicted octanol–water partition coefficient (Wildman–Crippen LogP) is 19.8. The molecule has 0 saturated heterocycles. The lowest BCUT2D eigenvalue weighted by Gasteiger charge is -2.29. The number of hydrogen-bond donors (Lipinski definition) is 0. The van der Waals surface area contributed by atoms with Crippen molar-refractivity contribution in [2.75, 3.05) is 0 Å². The zero-order chi connectivity index (χ0) is 47.7. The summed E-state index contributed by atoms with van der Waals surface area (Å²) in [6.45, 7) is 28.3. The zero-order valence-electron chi connectivity index (χ0n) is 42.2. The Morgan fingerprint density at radius 1 is 0.221 bits per heavy atom. The first-order chi connectivity index (χ1) is 32.3. The molecule has 336 valence electrons. The van der Waals surface area contributed by atoms with E-state index < -0.39 is 0 Å². The van der Waals surface area contributed by atoms with Crippen LogP contribution in [-0.2, 0) is 21.7 Å². The summed E-state index contributed by atoms with van der Waals surface area (Å²) in [5.74, 6) is 0. The van der Waals surface area contributed by atoms with Crippen LogP contribution in [0.1, 0.15) is 105 Å². The molecule has 68 heavy (non-hydrogen) atoms. The predicted molar refractivity (Wildman–Crippen MR) is 297 cm³/mol. The normalized spacial score (nSPS) is 13.0. The van der Waals surface area contributed by atoms with E-state index in [1.807, 2.05) is 0 Å². The van der Waals surface area contributed by atoms with Gasteiger partial charge in [0.15, 0.2) is 0 Å². The summed E-state index contributed by atoms with van der Waals surface area (Å²) >= 11 is 0. The maximum absolute atomic E-state index is 2.58. The summed E-state index contributed by atoms with van der Waals surface area (Å²) in [6, 6.07) is 65.5. The van der Waals surface area contributed by atoms with Crippen LogP contribution < -0.4 is 0 Å². The molecule has 10 aromatic rings. The first-order valence-electron chi connectivity index (χ1n) is 24.8. The molecular weight excluding hydrogens is 817 g/mol. The van der Waals surface area contributed by atoms with Crippen LogP contribution in [0.5, 0.6) is 0 Å². The SMILES string of the molecule is CC(C)(C)c1cc(-c2c3c(c(-c4cc(C(C)(C)C)cc(C(C)(C)C)c4)c4ccccc24)-c2cc4c5ccccc5c(-c5ccccc5-c5ccccc5)cc4c4cccc-3c24)cc(C(C)(C)C)c1. The van der Waals surface area contributed by atoms with E-state index in [1.165, 1.54) is 132 Å². The molecule has 0 atom stereocenters. The monoisotopic (exact) mass is 881 g/mol. The summed E-state index contributed by atoms with van der Waals surface area (Å²) < 4.78 is 0. The summed E-state index contributed by atoms with van der Waals surface area (Å²) in [6.07, 6.45) is 0. The van der Waals surface area contributed by atoms with Crippen molar-refractivity contribution in [1.29, 1.82) is 0 Å². The molecule has 0 bridgehead atoms. The highest BCUT2D eigenvalue weighted by Crippen LogP contribution is 2.60. The molecule has 0 N–H and O–H groups in total. The van der Waals surface area contributed by atoms with Crippen LogP contribution in [0.2, 0.25) is 0 Å². The van der Waals surface area contributed by atoms with Crippen molar-refractivity contribution in [3.63, 3.8) is 0 Å². The van der Waals surface area contributed by atoms with Gasteiger partial charge in [-0.25, -0.2) is 0 Å². The summed E-state index contributed by atoms with van der Waals surface area (Å²) in [5, 5.41) is 10.4. The minimum Gasteiger partial charge on any atom is -0.0622 e. The number of hydrogen-bond acceptors (Lipinski definition) is 0. The Morgan fingerprint density at radius 3 is 1.12 bits per heavy atom. The lowest BCUT2D eigenvalue weighted by Crippen LogP contribution is -2.17. The molecule has 0 amide bonds. The fourth-order valence-corrected chi connectivity index (χ4v) is 11.1. The minimum atomic E-state index is -0.0411. The summed E-state index contributed by atoms with van der Waals surface area (Å²) in [7, 11) is 0. The molecule has 0 unspecified atom stereocenters. The molecule has 0 spiro atoms. The standard InChI is InChI=1S/C68H64/c1-65(2,3)44-33-42(34-45(37-44)66(4,5)6)60-52-29-20-21-30-53(52)61(43-35-46(67(7,8)9)38-47(36-43)68(10,11)12)64-59-40-57-51-28-19-18-27-50(51)56(39-58(57)54-31-22-32-55(62(54)59)63(60)64)49-26-17-16-25-48(49)41-23-14-13-15-24-41/h13-40H,1-12H3. The van der Waals surface area contributed by atoms with Gasteiger partial charge < -0.3 is 0 Å². The molecular formula is C68H64. The van der Waals surface area contributed by atoms with Gasteiger partial charge in [-0.15, -0.1) is 0 Å². The number of fused-ring (bicyclic) bond motifs is 8. The number of rotatable bonds is 4. The Bertz CT molecular complexity index is 3610. The molecule has 0 aromatic heterocycles. The maximum atomic E-state index is 2.58. The van der Waals surface area contributed by atoms with Crippen LogP contribution in [0.15, 0.2) is 170 Å². The third-order valence-corrected chi connectivity index (χ3v) is 15.0. The van der Waals surface area contributed by atoms with E-state index in [2.05, 4.69) is 253 Å². The van der Waals surface area contributed by atoms with Gasteiger partial charge in [-0.05, 0) is 166 Å². The van der Waals surface area contributed by atoms with E-state index in [4.69, 9.17) is 0 Å². The van der Waals surface area contributed by atoms with Crippen molar-refractivity contribution in [2.45, 2.75) is 105 Å². The topological polar surface area (TPSA) is 0 Å². The first kappa shape index (κ1) is 43.8. The van der Waals surface area contributed by atoms with E-state index in [0.29, 0.717) is 0 Å². The van der Waals surface area contributed by atoms with Crippen molar-refractivity contribution in [1.82, 2.24) is 0 Å². The summed E-state index contributed by atoms with van der Waals surface area (Å²) in [5.41, 5.74) is 20.9. The van der Waals surface area contributed by atoms with Crippen molar-refractivity contribution in [3.8, 4) is 66.8 Å². The van der Waals surface area contributed by atoms with Gasteiger partial charge in [0.05, 0.1) is 0 Å².